The highest BCUT2D eigenvalue weighted by Gasteiger charge is 2.26. The molecule has 1 fully saturated rings. The first kappa shape index (κ1) is 24.0. The Morgan fingerprint density at radius 3 is 2.42 bits per heavy atom. The van der Waals surface area contributed by atoms with Crippen molar-refractivity contribution in [3.8, 4) is 0 Å². The second kappa shape index (κ2) is 9.89. The quantitative estimate of drug-likeness (QED) is 0.331. The molecular formula is C19H20N4O9S. The molecule has 2 aromatic rings. The van der Waals surface area contributed by atoms with Crippen molar-refractivity contribution in [2.75, 3.05) is 38.7 Å². The van der Waals surface area contributed by atoms with Crippen LogP contribution in [0.4, 0.5) is 11.4 Å². The highest BCUT2D eigenvalue weighted by molar-refractivity contribution is 7.89. The number of hydrogen-bond acceptors (Lipinski definition) is 9. The fraction of sp³-hybridized carbons (Fsp3) is 0.316. The lowest BCUT2D eigenvalue weighted by atomic mass is 10.2. The summed E-state index contributed by atoms with van der Waals surface area (Å²) in [6, 6.07) is 6.18. The zero-order chi connectivity index (χ0) is 24.2. The average molecular weight is 480 g/mol. The lowest BCUT2D eigenvalue weighted by Gasteiger charge is -2.26. The largest absolute Gasteiger partial charge is 0.465 e. The van der Waals surface area contributed by atoms with Crippen LogP contribution in [-0.4, -0.2) is 67.5 Å². The fourth-order valence-corrected chi connectivity index (χ4v) is 4.51. The van der Waals surface area contributed by atoms with Crippen LogP contribution >= 0.6 is 0 Å². The number of sulfonamides is 1. The molecule has 33 heavy (non-hydrogen) atoms. The van der Waals surface area contributed by atoms with E-state index in [1.807, 2.05) is 0 Å². The molecule has 2 heterocycles. The normalized spacial score (nSPS) is 14.5. The molecule has 0 radical (unpaired) electrons. The molecule has 1 aliphatic heterocycles. The first-order valence-corrected chi connectivity index (χ1v) is 11.0. The van der Waals surface area contributed by atoms with Gasteiger partial charge in [0.2, 0.25) is 15.9 Å². The van der Waals surface area contributed by atoms with Gasteiger partial charge in [-0.3, -0.25) is 24.3 Å². The summed E-state index contributed by atoms with van der Waals surface area (Å²) in [5, 5.41) is 13.6. The maximum atomic E-state index is 12.7. The maximum absolute atomic E-state index is 12.7. The molecule has 176 valence electrons. The molecule has 1 aromatic carbocycles. The molecule has 1 saturated heterocycles. The number of benzene rings is 1. The fourth-order valence-electron chi connectivity index (χ4n) is 3.10. The van der Waals surface area contributed by atoms with Gasteiger partial charge in [-0.2, -0.15) is 4.31 Å². The standard InChI is InChI=1S/C19H20N4O9S/c1-31-19(26)13-10-16(23(27)28)18(25)21(11-13)12-17(24)20-14-2-4-15(5-3-14)33(29,30)22-6-8-32-9-7-22/h2-5,10-11H,6-9,12H2,1H3,(H,20,24). The second-order valence-corrected chi connectivity index (χ2v) is 8.82. The summed E-state index contributed by atoms with van der Waals surface area (Å²) in [5.74, 6) is -1.64. The SMILES string of the molecule is COC(=O)c1cc([N+](=O)[O-])c(=O)n(CC(=O)Nc2ccc(S(=O)(=O)N3CCOCC3)cc2)c1. The summed E-state index contributed by atoms with van der Waals surface area (Å²) in [6.07, 6.45) is 0.985. The molecule has 1 aromatic heterocycles. The van der Waals surface area contributed by atoms with Gasteiger partial charge in [0.1, 0.15) is 6.54 Å². The third-order valence-corrected chi connectivity index (χ3v) is 6.66. The van der Waals surface area contributed by atoms with Crippen LogP contribution in [0.2, 0.25) is 0 Å². The second-order valence-electron chi connectivity index (χ2n) is 6.88. The Labute approximate surface area is 187 Å². The molecule has 13 nitrogen and oxygen atoms in total. The van der Waals surface area contributed by atoms with Gasteiger partial charge in [0.05, 0.1) is 35.7 Å². The number of carbonyl (C=O) groups is 2. The van der Waals surface area contributed by atoms with Gasteiger partial charge in [0.25, 0.3) is 0 Å². The van der Waals surface area contributed by atoms with Crippen LogP contribution in [0.15, 0.2) is 46.2 Å². The number of aromatic nitrogens is 1. The molecule has 0 atom stereocenters. The van der Waals surface area contributed by atoms with Crippen molar-refractivity contribution >= 4 is 33.3 Å². The number of rotatable bonds is 7. The third-order valence-electron chi connectivity index (χ3n) is 4.74. The zero-order valence-electron chi connectivity index (χ0n) is 17.4. The van der Waals surface area contributed by atoms with Gasteiger partial charge in [-0.25, -0.2) is 13.2 Å². The number of anilines is 1. The Morgan fingerprint density at radius 2 is 1.85 bits per heavy atom. The monoisotopic (exact) mass is 480 g/mol. The van der Waals surface area contributed by atoms with Crippen molar-refractivity contribution in [2.24, 2.45) is 0 Å². The van der Waals surface area contributed by atoms with Crippen molar-refractivity contribution < 1.29 is 32.4 Å². The number of carbonyl (C=O) groups excluding carboxylic acids is 2. The Bertz CT molecular complexity index is 1230. The van der Waals surface area contributed by atoms with E-state index in [1.165, 1.54) is 28.6 Å². The Balaban J connectivity index is 1.76. The predicted molar refractivity (Wildman–Crippen MR) is 113 cm³/mol. The number of pyridine rings is 1. The number of nitro groups is 1. The van der Waals surface area contributed by atoms with Gasteiger partial charge in [-0.1, -0.05) is 0 Å². The van der Waals surface area contributed by atoms with Crippen LogP contribution in [-0.2, 0) is 30.8 Å². The summed E-state index contributed by atoms with van der Waals surface area (Å²) < 4.78 is 37.0. The zero-order valence-corrected chi connectivity index (χ0v) is 18.2. The molecule has 0 aliphatic carbocycles. The molecule has 1 amide bonds. The van der Waals surface area contributed by atoms with Crippen molar-refractivity contribution in [2.45, 2.75) is 11.4 Å². The number of amides is 1. The number of ether oxygens (including phenoxy) is 2. The van der Waals surface area contributed by atoms with Crippen LogP contribution < -0.4 is 10.9 Å². The van der Waals surface area contributed by atoms with E-state index in [0.717, 1.165) is 23.9 Å². The Kier molecular flexibility index (Phi) is 7.20. The van der Waals surface area contributed by atoms with E-state index in [9.17, 15) is 32.9 Å². The molecular weight excluding hydrogens is 460 g/mol. The van der Waals surface area contributed by atoms with Gasteiger partial charge >= 0.3 is 17.2 Å². The van der Waals surface area contributed by atoms with Gasteiger partial charge in [0, 0.05) is 31.0 Å². The van der Waals surface area contributed by atoms with E-state index in [4.69, 9.17) is 4.74 Å². The van der Waals surface area contributed by atoms with Crippen molar-refractivity contribution in [1.82, 2.24) is 8.87 Å². The minimum atomic E-state index is -3.70. The number of hydrogen-bond donors (Lipinski definition) is 1. The highest BCUT2D eigenvalue weighted by atomic mass is 32.2. The van der Waals surface area contributed by atoms with Gasteiger partial charge in [-0.05, 0) is 24.3 Å². The number of nitrogens with zero attached hydrogens (tertiary/aromatic N) is 3. The molecule has 0 spiro atoms. The van der Waals surface area contributed by atoms with E-state index in [2.05, 4.69) is 10.1 Å². The van der Waals surface area contributed by atoms with Crippen LogP contribution in [0, 0.1) is 10.1 Å². The van der Waals surface area contributed by atoms with Crippen molar-refractivity contribution in [3.05, 3.63) is 62.6 Å². The smallest absolute Gasteiger partial charge is 0.339 e. The van der Waals surface area contributed by atoms with Crippen molar-refractivity contribution in [3.63, 3.8) is 0 Å². The van der Waals surface area contributed by atoms with E-state index < -0.39 is 44.6 Å². The molecule has 0 bridgehead atoms. The number of methoxy groups -OCH3 is 1. The molecule has 1 aliphatic rings. The molecule has 1 N–H and O–H groups in total. The van der Waals surface area contributed by atoms with Crippen molar-refractivity contribution in [1.29, 1.82) is 0 Å². The van der Waals surface area contributed by atoms with Crippen LogP contribution in [0.3, 0.4) is 0 Å². The highest BCUT2D eigenvalue weighted by Crippen LogP contribution is 2.19. The predicted octanol–water partition coefficient (Wildman–Crippen LogP) is 0.203. The van der Waals surface area contributed by atoms with Gasteiger partial charge < -0.3 is 14.8 Å². The summed E-state index contributed by atoms with van der Waals surface area (Å²) >= 11 is 0. The summed E-state index contributed by atoms with van der Waals surface area (Å²) in [7, 11) is -2.63. The van der Waals surface area contributed by atoms with Gasteiger partial charge in [-0.15, -0.1) is 0 Å². The maximum Gasteiger partial charge on any atom is 0.339 e. The summed E-state index contributed by atoms with van der Waals surface area (Å²) in [5.41, 5.74) is -1.99. The summed E-state index contributed by atoms with van der Waals surface area (Å²) in [6.45, 7) is 0.473. The lowest BCUT2D eigenvalue weighted by Crippen LogP contribution is -2.40. The Hall–Kier alpha value is -3.62. The minimum absolute atomic E-state index is 0.0417. The molecule has 0 saturated carbocycles. The number of esters is 1. The van der Waals surface area contributed by atoms with E-state index in [0.29, 0.717) is 13.2 Å². The average Bonchev–Trinajstić information content (AvgIpc) is 2.80. The van der Waals surface area contributed by atoms with E-state index in [-0.39, 0.29) is 29.2 Å². The molecule has 14 heteroatoms. The van der Waals surface area contributed by atoms with E-state index >= 15 is 0 Å². The third kappa shape index (κ3) is 5.42. The number of nitrogens with one attached hydrogen (secondary N) is 1. The topological polar surface area (TPSA) is 167 Å². The van der Waals surface area contributed by atoms with Crippen LogP contribution in [0.25, 0.3) is 0 Å². The van der Waals surface area contributed by atoms with Crippen LogP contribution in [0.1, 0.15) is 10.4 Å². The Morgan fingerprint density at radius 1 is 1.21 bits per heavy atom. The lowest BCUT2D eigenvalue weighted by molar-refractivity contribution is -0.386. The number of morpholine rings is 1. The van der Waals surface area contributed by atoms with Crippen LogP contribution in [0.5, 0.6) is 0 Å². The van der Waals surface area contributed by atoms with E-state index in [1.54, 1.807) is 0 Å². The molecule has 3 rings (SSSR count). The first-order valence-electron chi connectivity index (χ1n) is 9.58. The molecule has 0 unspecified atom stereocenters. The van der Waals surface area contributed by atoms with Gasteiger partial charge in [0.15, 0.2) is 0 Å². The first-order chi connectivity index (χ1) is 15.6. The summed E-state index contributed by atoms with van der Waals surface area (Å²) in [4.78, 5) is 46.6. The minimum Gasteiger partial charge on any atom is -0.465 e.